The molecule has 0 aromatic carbocycles. The summed E-state index contributed by atoms with van der Waals surface area (Å²) in [7, 11) is 1.46. The molecule has 9 nitrogen and oxygen atoms in total. The van der Waals surface area contributed by atoms with Crippen LogP contribution < -0.4 is 0 Å². The molecule has 0 aliphatic rings. The quantitative estimate of drug-likeness (QED) is 0.0212. The maximum atomic E-state index is 12.7. The minimum absolute atomic E-state index is 0.0278. The zero-order chi connectivity index (χ0) is 43.6. The Bertz CT molecular complexity index is 1060. The molecule has 0 aliphatic heterocycles. The number of nitrogens with zero attached hydrogens (tertiary/aromatic N) is 1. The van der Waals surface area contributed by atoms with Gasteiger partial charge in [0.1, 0.15) is 19.8 Å². The van der Waals surface area contributed by atoms with Crippen molar-refractivity contribution in [1.82, 2.24) is 0 Å². The first-order valence-electron chi connectivity index (χ1n) is 24.6. The summed E-state index contributed by atoms with van der Waals surface area (Å²) in [5, 5.41) is 0. The molecule has 0 fully saturated rings. The first-order valence-corrected chi connectivity index (χ1v) is 26.1. The summed E-state index contributed by atoms with van der Waals surface area (Å²) < 4.78 is 34.3. The molecule has 0 spiro atoms. The maximum absolute atomic E-state index is 12.7. The normalized spacial score (nSPS) is 13.7. The van der Waals surface area contributed by atoms with E-state index < -0.39 is 32.5 Å². The third kappa shape index (κ3) is 45.8. The van der Waals surface area contributed by atoms with Crippen LogP contribution in [0.1, 0.15) is 226 Å². The van der Waals surface area contributed by atoms with Crippen molar-refractivity contribution in [1.29, 1.82) is 0 Å². The Morgan fingerprint density at radius 2 is 0.881 bits per heavy atom. The molecule has 0 aliphatic carbocycles. The lowest BCUT2D eigenvalue weighted by atomic mass is 10.0. The Balaban J connectivity index is 4.21. The van der Waals surface area contributed by atoms with Crippen molar-refractivity contribution in [2.45, 2.75) is 232 Å². The second-order valence-corrected chi connectivity index (χ2v) is 19.3. The van der Waals surface area contributed by atoms with Crippen LogP contribution in [0, 0.1) is 0 Å². The number of phosphoric ester groups is 1. The first kappa shape index (κ1) is 57.5. The van der Waals surface area contributed by atoms with E-state index in [0.717, 1.165) is 51.4 Å². The van der Waals surface area contributed by atoms with E-state index in [2.05, 4.69) is 38.2 Å². The van der Waals surface area contributed by atoms with Gasteiger partial charge in [0, 0.05) is 12.8 Å². The van der Waals surface area contributed by atoms with Gasteiger partial charge in [-0.15, -0.1) is 0 Å². The fraction of sp³-hybridized carbons (Fsp3) is 0.878. The van der Waals surface area contributed by atoms with Gasteiger partial charge in [0.15, 0.2) is 6.10 Å². The number of allylic oxidation sites excluding steroid dienone is 4. The van der Waals surface area contributed by atoms with Crippen molar-refractivity contribution in [3.05, 3.63) is 24.3 Å². The number of hydrogen-bond donors (Lipinski definition) is 1. The number of phosphoric acid groups is 1. The topological polar surface area (TPSA) is 108 Å². The number of esters is 2. The van der Waals surface area contributed by atoms with Crippen molar-refractivity contribution in [3.8, 4) is 0 Å². The average molecular weight is 857 g/mol. The molecule has 0 radical (unpaired) electrons. The lowest BCUT2D eigenvalue weighted by molar-refractivity contribution is -0.870. The lowest BCUT2D eigenvalue weighted by Gasteiger charge is -2.24. The van der Waals surface area contributed by atoms with Gasteiger partial charge in [-0.05, 0) is 57.8 Å². The van der Waals surface area contributed by atoms with Gasteiger partial charge in [0.2, 0.25) is 0 Å². The fourth-order valence-corrected chi connectivity index (χ4v) is 7.58. The standard InChI is InChI=1S/C49H94NO8P/c1-6-8-10-12-14-16-18-20-21-22-23-24-25-26-27-28-29-30-32-33-35-37-39-41-48(51)55-45-47(46-57-59(53,54)56-44-43-50(3,4)5)58-49(52)42-40-38-36-34-31-19-17-15-13-11-9-7-2/h15,17,33,35,47H,6-14,16,18-32,34,36-46H2,1-5H3/p+1/b17-15+,35-33+/t47-/m0/s1. The highest BCUT2D eigenvalue weighted by Gasteiger charge is 2.27. The van der Waals surface area contributed by atoms with E-state index in [9.17, 15) is 19.0 Å². The highest BCUT2D eigenvalue weighted by molar-refractivity contribution is 7.47. The highest BCUT2D eigenvalue weighted by Crippen LogP contribution is 2.43. The Labute approximate surface area is 364 Å². The van der Waals surface area contributed by atoms with Crippen LogP contribution in [-0.4, -0.2) is 74.9 Å². The van der Waals surface area contributed by atoms with Crippen LogP contribution in [0.15, 0.2) is 24.3 Å². The summed E-state index contributed by atoms with van der Waals surface area (Å²) in [6.07, 6.45) is 46.8. The number of ether oxygens (including phenoxy) is 2. The molecular formula is C49H95NO8P+. The summed E-state index contributed by atoms with van der Waals surface area (Å²) >= 11 is 0. The molecule has 348 valence electrons. The maximum Gasteiger partial charge on any atom is 0.472 e. The third-order valence-electron chi connectivity index (χ3n) is 10.7. The lowest BCUT2D eigenvalue weighted by Crippen LogP contribution is -2.37. The van der Waals surface area contributed by atoms with E-state index in [1.54, 1.807) is 0 Å². The predicted molar refractivity (Wildman–Crippen MR) is 247 cm³/mol. The van der Waals surface area contributed by atoms with E-state index in [4.69, 9.17) is 18.5 Å². The third-order valence-corrected chi connectivity index (χ3v) is 11.7. The number of unbranched alkanes of at least 4 members (excludes halogenated alkanes) is 27. The summed E-state index contributed by atoms with van der Waals surface area (Å²) in [6, 6.07) is 0. The Hall–Kier alpha value is -1.51. The van der Waals surface area contributed by atoms with Crippen molar-refractivity contribution in [3.63, 3.8) is 0 Å². The molecule has 0 heterocycles. The van der Waals surface area contributed by atoms with Crippen molar-refractivity contribution >= 4 is 19.8 Å². The molecule has 0 bridgehead atoms. The molecule has 10 heteroatoms. The van der Waals surface area contributed by atoms with Crippen LogP contribution in [0.5, 0.6) is 0 Å². The molecule has 1 N–H and O–H groups in total. The predicted octanol–water partition coefficient (Wildman–Crippen LogP) is 14.3. The highest BCUT2D eigenvalue weighted by atomic mass is 31.2. The average Bonchev–Trinajstić information content (AvgIpc) is 3.19. The number of carbonyl (C=O) groups excluding carboxylic acids is 2. The zero-order valence-corrected chi connectivity index (χ0v) is 40.1. The van der Waals surface area contributed by atoms with E-state index >= 15 is 0 Å². The van der Waals surface area contributed by atoms with Gasteiger partial charge in [-0.1, -0.05) is 179 Å². The van der Waals surface area contributed by atoms with Crippen molar-refractivity contribution < 1.29 is 42.1 Å². The van der Waals surface area contributed by atoms with Gasteiger partial charge >= 0.3 is 19.8 Å². The van der Waals surface area contributed by atoms with Crippen LogP contribution in [-0.2, 0) is 32.7 Å². The molecule has 59 heavy (non-hydrogen) atoms. The SMILES string of the molecule is CCCCC/C=C/CCCCCCCC(=O)O[C@@H](COC(=O)CCC/C=C/CCCCCCCCCCCCCCCCCCCC)COP(=O)(O)OCC[N+](C)(C)C. The molecule has 0 aromatic rings. The molecule has 1 unspecified atom stereocenters. The van der Waals surface area contributed by atoms with Gasteiger partial charge in [0.05, 0.1) is 27.7 Å². The number of quaternary nitrogens is 1. The summed E-state index contributed by atoms with van der Waals surface area (Å²) in [5.41, 5.74) is 0. The molecular weight excluding hydrogens is 762 g/mol. The van der Waals surface area contributed by atoms with Gasteiger partial charge in [0.25, 0.3) is 0 Å². The van der Waals surface area contributed by atoms with Gasteiger partial charge in [-0.3, -0.25) is 18.6 Å². The minimum atomic E-state index is -4.38. The summed E-state index contributed by atoms with van der Waals surface area (Å²) in [4.78, 5) is 35.4. The largest absolute Gasteiger partial charge is 0.472 e. The van der Waals surface area contributed by atoms with Crippen LogP contribution in [0.2, 0.25) is 0 Å². The number of hydrogen-bond acceptors (Lipinski definition) is 7. The molecule has 0 rings (SSSR count). The Morgan fingerprint density at radius 3 is 1.34 bits per heavy atom. The van der Waals surface area contributed by atoms with Crippen LogP contribution in [0.4, 0.5) is 0 Å². The van der Waals surface area contributed by atoms with Crippen LogP contribution in [0.25, 0.3) is 0 Å². The van der Waals surface area contributed by atoms with Crippen LogP contribution >= 0.6 is 7.82 Å². The second-order valence-electron chi connectivity index (χ2n) is 17.8. The van der Waals surface area contributed by atoms with Gasteiger partial charge < -0.3 is 18.9 Å². The fourth-order valence-electron chi connectivity index (χ4n) is 6.84. The molecule has 0 saturated heterocycles. The molecule has 0 amide bonds. The minimum Gasteiger partial charge on any atom is -0.462 e. The van der Waals surface area contributed by atoms with E-state index in [-0.39, 0.29) is 26.1 Å². The zero-order valence-electron chi connectivity index (χ0n) is 39.2. The first-order chi connectivity index (χ1) is 28.5. The number of likely N-dealkylation sites (N-methyl/N-ethyl adjacent to an activating group) is 1. The van der Waals surface area contributed by atoms with E-state index in [0.29, 0.717) is 23.9 Å². The Kier molecular flexibility index (Phi) is 40.8. The number of rotatable bonds is 45. The monoisotopic (exact) mass is 857 g/mol. The molecule has 0 saturated carbocycles. The molecule has 2 atom stereocenters. The smallest absolute Gasteiger partial charge is 0.462 e. The van der Waals surface area contributed by atoms with Crippen LogP contribution in [0.3, 0.4) is 0 Å². The van der Waals surface area contributed by atoms with Gasteiger partial charge in [-0.25, -0.2) is 4.57 Å². The van der Waals surface area contributed by atoms with Crippen molar-refractivity contribution in [2.24, 2.45) is 0 Å². The second kappa shape index (κ2) is 41.8. The summed E-state index contributed by atoms with van der Waals surface area (Å²) in [6.45, 7) is 4.38. The van der Waals surface area contributed by atoms with Crippen molar-refractivity contribution in [2.75, 3.05) is 47.5 Å². The van der Waals surface area contributed by atoms with E-state index in [1.807, 2.05) is 21.1 Å². The van der Waals surface area contributed by atoms with Gasteiger partial charge in [-0.2, -0.15) is 0 Å². The molecule has 0 aromatic heterocycles. The number of carbonyl (C=O) groups is 2. The summed E-state index contributed by atoms with van der Waals surface area (Å²) in [5.74, 6) is -0.839. The van der Waals surface area contributed by atoms with E-state index in [1.165, 1.54) is 135 Å². The Morgan fingerprint density at radius 1 is 0.508 bits per heavy atom.